The first-order valence-corrected chi connectivity index (χ1v) is 13.4. The van der Waals surface area contributed by atoms with Crippen LogP contribution >= 0.6 is 0 Å². The molecular weight excluding hydrogens is 528 g/mol. The molecule has 0 spiro atoms. The Morgan fingerprint density at radius 3 is 2.50 bits per heavy atom. The minimum Gasteiger partial charge on any atom is -0.404 e. The number of hydrogen-bond donors (Lipinski definition) is 4. The van der Waals surface area contributed by atoms with E-state index in [4.69, 9.17) is 5.73 Å². The molecule has 0 saturated heterocycles. The summed E-state index contributed by atoms with van der Waals surface area (Å²) < 4.78 is 83.7. The zero-order valence-electron chi connectivity index (χ0n) is 20.9. The van der Waals surface area contributed by atoms with Gasteiger partial charge in [-0.1, -0.05) is 19.3 Å². The predicted molar refractivity (Wildman–Crippen MR) is 136 cm³/mol. The van der Waals surface area contributed by atoms with E-state index in [1.807, 2.05) is 0 Å². The van der Waals surface area contributed by atoms with Gasteiger partial charge in [-0.25, -0.2) is 27.5 Å². The number of rotatable bonds is 9. The molecule has 1 aromatic heterocycles. The zero-order chi connectivity index (χ0) is 28.1. The maximum atomic E-state index is 14.9. The molecule has 0 aliphatic heterocycles. The van der Waals surface area contributed by atoms with Crippen molar-refractivity contribution in [2.75, 3.05) is 11.9 Å². The molecule has 1 saturated carbocycles. The van der Waals surface area contributed by atoms with Crippen LogP contribution in [-0.2, 0) is 16.2 Å². The van der Waals surface area contributed by atoms with Gasteiger partial charge in [0.1, 0.15) is 11.4 Å². The van der Waals surface area contributed by atoms with Gasteiger partial charge in [-0.05, 0) is 44.9 Å². The van der Waals surface area contributed by atoms with Gasteiger partial charge in [-0.3, -0.25) is 4.99 Å². The van der Waals surface area contributed by atoms with E-state index >= 15 is 0 Å². The molecule has 2 aromatic rings. The van der Waals surface area contributed by atoms with Crippen LogP contribution in [-0.4, -0.2) is 47.9 Å². The Morgan fingerprint density at radius 1 is 1.24 bits per heavy atom. The highest BCUT2D eigenvalue weighted by Gasteiger charge is 2.36. The first-order valence-electron chi connectivity index (χ1n) is 11.9. The first-order chi connectivity index (χ1) is 17.7. The van der Waals surface area contributed by atoms with Gasteiger partial charge in [0.2, 0.25) is 16.0 Å². The summed E-state index contributed by atoms with van der Waals surface area (Å²) in [5.74, 6) is -1.36. The van der Waals surface area contributed by atoms with Crippen molar-refractivity contribution in [3.63, 3.8) is 0 Å². The monoisotopic (exact) mass is 558 g/mol. The minimum absolute atomic E-state index is 0.113. The van der Waals surface area contributed by atoms with E-state index in [0.29, 0.717) is 19.0 Å². The van der Waals surface area contributed by atoms with E-state index in [-0.39, 0.29) is 28.7 Å². The third-order valence-corrected chi connectivity index (χ3v) is 7.20. The molecule has 3 rings (SSSR count). The van der Waals surface area contributed by atoms with Crippen LogP contribution in [0.15, 0.2) is 40.5 Å². The van der Waals surface area contributed by atoms with E-state index in [1.165, 1.54) is 19.9 Å². The Hall–Kier alpha value is -3.10. The van der Waals surface area contributed by atoms with Crippen LogP contribution in [0.2, 0.25) is 0 Å². The van der Waals surface area contributed by atoms with Crippen LogP contribution in [0.25, 0.3) is 5.57 Å². The third-order valence-electron chi connectivity index (χ3n) is 5.68. The summed E-state index contributed by atoms with van der Waals surface area (Å²) in [6.07, 6.45) is 1.86. The highest BCUT2D eigenvalue weighted by molar-refractivity contribution is 7.89. The molecule has 208 valence electrons. The molecule has 1 aliphatic rings. The second kappa shape index (κ2) is 11.7. The maximum Gasteiger partial charge on any atom is 0.419 e. The molecule has 5 N–H and O–H groups in total. The summed E-state index contributed by atoms with van der Waals surface area (Å²) in [7, 11) is -3.96. The summed E-state index contributed by atoms with van der Waals surface area (Å²) in [6.45, 7) is 2.83. The Labute approximate surface area is 218 Å². The summed E-state index contributed by atoms with van der Waals surface area (Å²) >= 11 is 0. The number of hydrogen-bond acceptors (Lipinski definition) is 8. The third kappa shape index (κ3) is 7.95. The molecule has 1 aromatic carbocycles. The number of allylic oxidation sites excluding steroid dienone is 1. The number of aliphatic hydroxyl groups is 1. The first kappa shape index (κ1) is 29.5. The van der Waals surface area contributed by atoms with Crippen molar-refractivity contribution in [2.45, 2.75) is 68.7 Å². The number of aromatic nitrogens is 2. The molecular formula is C24H30F4N6O3S. The lowest BCUT2D eigenvalue weighted by Crippen LogP contribution is -2.36. The van der Waals surface area contributed by atoms with Crippen LogP contribution in [0.4, 0.5) is 29.2 Å². The lowest BCUT2D eigenvalue weighted by atomic mass is 9.96. The van der Waals surface area contributed by atoms with Crippen LogP contribution in [0.1, 0.15) is 57.2 Å². The van der Waals surface area contributed by atoms with Crippen LogP contribution in [0.5, 0.6) is 0 Å². The molecule has 0 atom stereocenters. The summed E-state index contributed by atoms with van der Waals surface area (Å²) in [5.41, 5.74) is 2.05. The predicted octanol–water partition coefficient (Wildman–Crippen LogP) is 4.13. The number of sulfonamides is 1. The SMILES string of the molecule is CC(C)(O)CN=C/C(=C\N)c1nc(Nc2ccc(S(=O)(=O)NC3CCCCC3)cc2F)ncc1C(F)(F)F. The highest BCUT2D eigenvalue weighted by Crippen LogP contribution is 2.34. The molecule has 0 amide bonds. The average molecular weight is 559 g/mol. The number of benzene rings is 1. The van der Waals surface area contributed by atoms with Gasteiger partial charge in [0, 0.05) is 30.2 Å². The number of aliphatic imine (C=N–C) groups is 1. The number of alkyl halides is 3. The Kier molecular flexibility index (Phi) is 9.10. The van der Waals surface area contributed by atoms with Crippen LogP contribution < -0.4 is 15.8 Å². The molecule has 1 aliphatic carbocycles. The molecule has 0 bridgehead atoms. The molecule has 38 heavy (non-hydrogen) atoms. The van der Waals surface area contributed by atoms with E-state index < -0.39 is 44.8 Å². The van der Waals surface area contributed by atoms with Gasteiger partial charge in [-0.15, -0.1) is 0 Å². The minimum atomic E-state index is -4.83. The standard InChI is InChI=1S/C24H30F4N6O3S/c1-23(2,35)14-30-12-15(11-29)21-18(24(26,27)28)13-31-22(33-21)32-20-9-8-17(10-19(20)25)38(36,37)34-16-6-4-3-5-7-16/h8-13,16,34-35H,3-7,14,29H2,1-2H3,(H,31,32,33)/b15-11+,30-12?. The smallest absolute Gasteiger partial charge is 0.404 e. The van der Waals surface area contributed by atoms with Crippen molar-refractivity contribution in [1.82, 2.24) is 14.7 Å². The number of halogens is 4. The second-order valence-corrected chi connectivity index (χ2v) is 11.3. The van der Waals surface area contributed by atoms with Crippen molar-refractivity contribution in [3.05, 3.63) is 47.7 Å². The lowest BCUT2D eigenvalue weighted by Gasteiger charge is -2.22. The quantitative estimate of drug-likeness (QED) is 0.268. The fourth-order valence-electron chi connectivity index (χ4n) is 3.81. The molecule has 1 fully saturated rings. The Bertz CT molecular complexity index is 1300. The highest BCUT2D eigenvalue weighted by atomic mass is 32.2. The average Bonchev–Trinajstić information content (AvgIpc) is 2.82. The lowest BCUT2D eigenvalue weighted by molar-refractivity contribution is -0.138. The summed E-state index contributed by atoms with van der Waals surface area (Å²) in [5, 5.41) is 12.3. The normalized spacial score (nSPS) is 16.2. The molecule has 0 radical (unpaired) electrons. The van der Waals surface area contributed by atoms with E-state index in [1.54, 1.807) is 0 Å². The second-order valence-electron chi connectivity index (χ2n) is 9.58. The summed E-state index contributed by atoms with van der Waals surface area (Å²) in [4.78, 5) is 11.1. The Morgan fingerprint density at radius 2 is 1.92 bits per heavy atom. The molecule has 9 nitrogen and oxygen atoms in total. The van der Waals surface area contributed by atoms with Gasteiger partial charge in [0.05, 0.1) is 28.4 Å². The largest absolute Gasteiger partial charge is 0.419 e. The van der Waals surface area contributed by atoms with Crippen molar-refractivity contribution in [3.8, 4) is 0 Å². The van der Waals surface area contributed by atoms with Gasteiger partial charge >= 0.3 is 6.18 Å². The van der Waals surface area contributed by atoms with Gasteiger partial charge in [-0.2, -0.15) is 13.2 Å². The van der Waals surface area contributed by atoms with Gasteiger partial charge < -0.3 is 16.2 Å². The number of anilines is 2. The van der Waals surface area contributed by atoms with Gasteiger partial charge in [0.15, 0.2) is 0 Å². The fraction of sp³-hybridized carbons (Fsp3) is 0.458. The van der Waals surface area contributed by atoms with Crippen LogP contribution in [0, 0.1) is 5.82 Å². The molecule has 1 heterocycles. The zero-order valence-corrected chi connectivity index (χ0v) is 21.7. The maximum absolute atomic E-state index is 14.9. The van der Waals surface area contributed by atoms with E-state index in [2.05, 4.69) is 25.0 Å². The van der Waals surface area contributed by atoms with E-state index in [0.717, 1.165) is 43.8 Å². The van der Waals surface area contributed by atoms with Crippen molar-refractivity contribution >= 4 is 33.4 Å². The Balaban J connectivity index is 1.88. The van der Waals surface area contributed by atoms with Crippen molar-refractivity contribution in [1.29, 1.82) is 0 Å². The number of nitrogens with zero attached hydrogens (tertiary/aromatic N) is 3. The van der Waals surface area contributed by atoms with E-state index in [9.17, 15) is 31.1 Å². The fourth-order valence-corrected chi connectivity index (χ4v) is 5.13. The van der Waals surface area contributed by atoms with Gasteiger partial charge in [0.25, 0.3) is 0 Å². The topological polar surface area (TPSA) is 143 Å². The van der Waals surface area contributed by atoms with Crippen molar-refractivity contribution in [2.24, 2.45) is 10.7 Å². The summed E-state index contributed by atoms with van der Waals surface area (Å²) in [6, 6.07) is 2.91. The molecule has 14 heteroatoms. The number of nitrogens with one attached hydrogen (secondary N) is 2. The van der Waals surface area contributed by atoms with Crippen molar-refractivity contribution < 1.29 is 31.1 Å². The molecule has 0 unspecified atom stereocenters. The van der Waals surface area contributed by atoms with Crippen LogP contribution in [0.3, 0.4) is 0 Å². The number of nitrogens with two attached hydrogens (primary N) is 1.